The maximum absolute atomic E-state index is 13.2. The van der Waals surface area contributed by atoms with Crippen LogP contribution in [0.4, 0.5) is 8.78 Å². The summed E-state index contributed by atoms with van der Waals surface area (Å²) in [5, 5.41) is 3.62. The fourth-order valence-electron chi connectivity index (χ4n) is 3.08. The predicted octanol–water partition coefficient (Wildman–Crippen LogP) is 2.68. The minimum absolute atomic E-state index is 0.339. The zero-order valence-corrected chi connectivity index (χ0v) is 10.9. The third kappa shape index (κ3) is 2.95. The van der Waals surface area contributed by atoms with E-state index in [0.717, 1.165) is 37.7 Å². The van der Waals surface area contributed by atoms with Crippen LogP contribution in [-0.4, -0.2) is 18.1 Å². The summed E-state index contributed by atoms with van der Waals surface area (Å²) in [6, 6.07) is 5.57. The maximum atomic E-state index is 13.2. The summed E-state index contributed by atoms with van der Waals surface area (Å²) in [5.41, 5.74) is 6.79. The topological polar surface area (TPSA) is 38.0 Å². The molecule has 2 fully saturated rings. The van der Waals surface area contributed by atoms with E-state index in [1.54, 1.807) is 6.07 Å². The molecule has 1 aromatic rings. The highest BCUT2D eigenvalue weighted by Crippen LogP contribution is 2.42. The van der Waals surface area contributed by atoms with Crippen LogP contribution in [0.5, 0.6) is 0 Å². The number of benzene rings is 1. The molecule has 1 aromatic carbocycles. The van der Waals surface area contributed by atoms with Gasteiger partial charge in [-0.15, -0.1) is 0 Å². The molecule has 0 spiro atoms. The van der Waals surface area contributed by atoms with Crippen molar-refractivity contribution in [2.24, 2.45) is 5.73 Å². The van der Waals surface area contributed by atoms with E-state index in [2.05, 4.69) is 5.32 Å². The fraction of sp³-hybridized carbons (Fsp3) is 0.600. The van der Waals surface area contributed by atoms with Gasteiger partial charge in [-0.3, -0.25) is 0 Å². The normalized spacial score (nSPS) is 34.3. The lowest BCUT2D eigenvalue weighted by Gasteiger charge is -2.27. The van der Waals surface area contributed by atoms with Crippen molar-refractivity contribution in [3.63, 3.8) is 0 Å². The highest BCUT2D eigenvalue weighted by molar-refractivity contribution is 5.29. The van der Waals surface area contributed by atoms with E-state index in [-0.39, 0.29) is 0 Å². The molecule has 0 amide bonds. The van der Waals surface area contributed by atoms with E-state index >= 15 is 0 Å². The molecule has 1 unspecified atom stereocenters. The Kier molecular flexibility index (Phi) is 3.54. The molecule has 3 rings (SSSR count). The Morgan fingerprint density at radius 3 is 2.47 bits per heavy atom. The second-order valence-corrected chi connectivity index (χ2v) is 5.90. The molecule has 3 N–H and O–H groups in total. The van der Waals surface area contributed by atoms with Crippen molar-refractivity contribution >= 4 is 0 Å². The van der Waals surface area contributed by atoms with Crippen LogP contribution in [0.15, 0.2) is 18.2 Å². The van der Waals surface area contributed by atoms with Gasteiger partial charge in [0.1, 0.15) is 0 Å². The Morgan fingerprint density at radius 1 is 1.05 bits per heavy atom. The van der Waals surface area contributed by atoms with Gasteiger partial charge < -0.3 is 11.1 Å². The van der Waals surface area contributed by atoms with Gasteiger partial charge in [0.15, 0.2) is 11.6 Å². The third-order valence-electron chi connectivity index (χ3n) is 4.38. The summed E-state index contributed by atoms with van der Waals surface area (Å²) in [6.45, 7) is 0. The molecule has 4 heteroatoms. The first kappa shape index (κ1) is 13.0. The van der Waals surface area contributed by atoms with Gasteiger partial charge >= 0.3 is 0 Å². The van der Waals surface area contributed by atoms with Gasteiger partial charge in [-0.05, 0) is 49.8 Å². The summed E-state index contributed by atoms with van der Waals surface area (Å²) in [7, 11) is 0. The van der Waals surface area contributed by atoms with Crippen molar-refractivity contribution in [3.05, 3.63) is 35.4 Å². The highest BCUT2D eigenvalue weighted by atomic mass is 19.2. The molecule has 104 valence electrons. The molecule has 0 radical (unpaired) electrons. The average molecular weight is 266 g/mol. The van der Waals surface area contributed by atoms with Crippen LogP contribution in [0.2, 0.25) is 0 Å². The van der Waals surface area contributed by atoms with Crippen molar-refractivity contribution in [1.82, 2.24) is 5.32 Å². The van der Waals surface area contributed by atoms with Crippen molar-refractivity contribution < 1.29 is 8.78 Å². The first-order valence-corrected chi connectivity index (χ1v) is 7.10. The van der Waals surface area contributed by atoms with Crippen molar-refractivity contribution in [2.75, 3.05) is 0 Å². The van der Waals surface area contributed by atoms with Gasteiger partial charge in [0.25, 0.3) is 0 Å². The van der Waals surface area contributed by atoms with Gasteiger partial charge in [-0.2, -0.15) is 0 Å². The summed E-state index contributed by atoms with van der Waals surface area (Å²) >= 11 is 0. The van der Waals surface area contributed by atoms with E-state index in [1.165, 1.54) is 12.1 Å². The van der Waals surface area contributed by atoms with E-state index in [9.17, 15) is 8.78 Å². The van der Waals surface area contributed by atoms with E-state index < -0.39 is 11.6 Å². The molecule has 2 saturated carbocycles. The molecule has 2 aliphatic rings. The fourth-order valence-corrected chi connectivity index (χ4v) is 3.08. The number of rotatable bonds is 3. The van der Waals surface area contributed by atoms with E-state index in [4.69, 9.17) is 5.73 Å². The number of nitrogens with one attached hydrogen (secondary N) is 1. The lowest BCUT2D eigenvalue weighted by Crippen LogP contribution is -2.38. The Labute approximate surface area is 112 Å². The molecule has 0 aliphatic heterocycles. The Balaban J connectivity index is 1.54. The molecule has 2 nitrogen and oxygen atoms in total. The lowest BCUT2D eigenvalue weighted by molar-refractivity contribution is 0.339. The quantitative estimate of drug-likeness (QED) is 0.882. The van der Waals surface area contributed by atoms with Crippen molar-refractivity contribution in [3.8, 4) is 0 Å². The zero-order chi connectivity index (χ0) is 13.4. The molecule has 0 heterocycles. The average Bonchev–Trinajstić information content (AvgIpc) is 3.15. The SMILES string of the molecule is NC1CCC(NC2C[C@H]2c2ccc(F)c(F)c2)CC1. The molecule has 0 aromatic heterocycles. The molecular weight excluding hydrogens is 246 g/mol. The first-order valence-electron chi connectivity index (χ1n) is 7.10. The Bertz CT molecular complexity index is 455. The van der Waals surface area contributed by atoms with Crippen LogP contribution in [0, 0.1) is 11.6 Å². The van der Waals surface area contributed by atoms with Gasteiger partial charge in [-0.25, -0.2) is 8.78 Å². The zero-order valence-electron chi connectivity index (χ0n) is 10.9. The number of nitrogens with two attached hydrogens (primary N) is 1. The molecule has 0 saturated heterocycles. The van der Waals surface area contributed by atoms with Gasteiger partial charge in [-0.1, -0.05) is 6.07 Å². The van der Waals surface area contributed by atoms with Gasteiger partial charge in [0.05, 0.1) is 0 Å². The van der Waals surface area contributed by atoms with Crippen molar-refractivity contribution in [1.29, 1.82) is 0 Å². The van der Waals surface area contributed by atoms with Crippen LogP contribution >= 0.6 is 0 Å². The van der Waals surface area contributed by atoms with Gasteiger partial charge in [0.2, 0.25) is 0 Å². The highest BCUT2D eigenvalue weighted by Gasteiger charge is 2.40. The second kappa shape index (κ2) is 5.17. The summed E-state index contributed by atoms with van der Waals surface area (Å²) in [5.74, 6) is -1.17. The minimum Gasteiger partial charge on any atom is -0.328 e. The molecular formula is C15H20F2N2. The third-order valence-corrected chi connectivity index (χ3v) is 4.38. The van der Waals surface area contributed by atoms with Gasteiger partial charge in [0, 0.05) is 24.0 Å². The molecule has 19 heavy (non-hydrogen) atoms. The summed E-state index contributed by atoms with van der Waals surface area (Å²) in [4.78, 5) is 0. The van der Waals surface area contributed by atoms with Crippen LogP contribution in [0.1, 0.15) is 43.6 Å². The monoisotopic (exact) mass is 266 g/mol. The minimum atomic E-state index is -0.768. The van der Waals surface area contributed by atoms with Crippen LogP contribution < -0.4 is 11.1 Å². The first-order chi connectivity index (χ1) is 9.13. The number of halogens is 2. The predicted molar refractivity (Wildman–Crippen MR) is 70.9 cm³/mol. The lowest BCUT2D eigenvalue weighted by atomic mass is 9.92. The standard InChI is InChI=1S/C15H20F2N2/c16-13-6-1-9(7-14(13)17)12-8-15(12)19-11-4-2-10(18)3-5-11/h1,6-7,10-12,15,19H,2-5,8,18H2/t10?,11?,12-,15?/m0/s1. The molecule has 0 bridgehead atoms. The molecule has 2 atom stereocenters. The number of hydrogen-bond acceptors (Lipinski definition) is 2. The molecule has 2 aliphatic carbocycles. The summed E-state index contributed by atoms with van der Waals surface area (Å²) < 4.78 is 26.1. The number of hydrogen-bond donors (Lipinski definition) is 2. The van der Waals surface area contributed by atoms with Crippen LogP contribution in [0.3, 0.4) is 0 Å². The largest absolute Gasteiger partial charge is 0.328 e. The van der Waals surface area contributed by atoms with E-state index in [0.29, 0.717) is 24.0 Å². The van der Waals surface area contributed by atoms with Crippen LogP contribution in [-0.2, 0) is 0 Å². The Hall–Kier alpha value is -1.00. The Morgan fingerprint density at radius 2 is 1.79 bits per heavy atom. The van der Waals surface area contributed by atoms with Crippen molar-refractivity contribution in [2.45, 2.75) is 56.1 Å². The van der Waals surface area contributed by atoms with E-state index in [1.807, 2.05) is 0 Å². The van der Waals surface area contributed by atoms with Crippen LogP contribution in [0.25, 0.3) is 0 Å². The smallest absolute Gasteiger partial charge is 0.159 e. The summed E-state index contributed by atoms with van der Waals surface area (Å²) in [6.07, 6.45) is 5.44. The second-order valence-electron chi connectivity index (χ2n) is 5.90. The maximum Gasteiger partial charge on any atom is 0.159 e.